The molecule has 3 unspecified atom stereocenters. The molecule has 0 spiro atoms. The number of nitrogens with zero attached hydrogens (tertiary/aromatic N) is 2. The summed E-state index contributed by atoms with van der Waals surface area (Å²) in [4.78, 5) is 40.7. The molecule has 0 aromatic heterocycles. The molecular weight excluding hydrogens is 386 g/mol. The summed E-state index contributed by atoms with van der Waals surface area (Å²) < 4.78 is 29.5. The van der Waals surface area contributed by atoms with Gasteiger partial charge in [-0.2, -0.15) is 0 Å². The van der Waals surface area contributed by atoms with Crippen LogP contribution in [0.4, 0.5) is 4.79 Å². The van der Waals surface area contributed by atoms with E-state index >= 15 is 0 Å². The number of rotatable bonds is 6. The van der Waals surface area contributed by atoms with Gasteiger partial charge in [-0.3, -0.25) is 14.5 Å². The van der Waals surface area contributed by atoms with Crippen LogP contribution in [-0.2, 0) is 24.2 Å². The third-order valence-electron chi connectivity index (χ3n) is 6.38. The fourth-order valence-electron chi connectivity index (χ4n) is 4.51. The highest BCUT2D eigenvalue weighted by atomic mass is 32.2. The lowest BCUT2D eigenvalue weighted by Gasteiger charge is -2.31. The van der Waals surface area contributed by atoms with Crippen molar-refractivity contribution in [1.29, 1.82) is 0 Å². The average Bonchev–Trinajstić information content (AvgIpc) is 3.19. The first kappa shape index (κ1) is 19.6. The zero-order valence-corrected chi connectivity index (χ0v) is 16.9. The van der Waals surface area contributed by atoms with Gasteiger partial charge in [0.2, 0.25) is 5.91 Å². The predicted molar refractivity (Wildman–Crippen MR) is 99.1 cm³/mol. The molecule has 4 fully saturated rings. The lowest BCUT2D eigenvalue weighted by molar-refractivity contribution is -0.141. The summed E-state index contributed by atoms with van der Waals surface area (Å²) in [6.07, 6.45) is 3.73. The van der Waals surface area contributed by atoms with Crippen molar-refractivity contribution in [3.8, 4) is 0 Å². The van der Waals surface area contributed by atoms with E-state index in [9.17, 15) is 22.8 Å². The highest BCUT2D eigenvalue weighted by molar-refractivity contribution is 7.91. The molecule has 28 heavy (non-hydrogen) atoms. The Bertz CT molecular complexity index is 789. The van der Waals surface area contributed by atoms with Gasteiger partial charge >= 0.3 is 6.03 Å². The molecule has 9 nitrogen and oxygen atoms in total. The fraction of sp³-hybridized carbons (Fsp3) is 0.833. The van der Waals surface area contributed by atoms with Crippen molar-refractivity contribution in [3.63, 3.8) is 0 Å². The minimum Gasteiger partial charge on any atom is -0.376 e. The van der Waals surface area contributed by atoms with Crippen molar-refractivity contribution in [3.05, 3.63) is 0 Å². The number of sulfone groups is 1. The predicted octanol–water partition coefficient (Wildman–Crippen LogP) is -0.0984. The van der Waals surface area contributed by atoms with Crippen molar-refractivity contribution >= 4 is 27.7 Å². The van der Waals surface area contributed by atoms with Crippen LogP contribution in [0.3, 0.4) is 0 Å². The van der Waals surface area contributed by atoms with Gasteiger partial charge in [0.15, 0.2) is 9.84 Å². The van der Waals surface area contributed by atoms with E-state index in [1.165, 1.54) is 4.90 Å². The maximum atomic E-state index is 13.1. The highest BCUT2D eigenvalue weighted by Gasteiger charge is 2.56. The van der Waals surface area contributed by atoms with E-state index in [1.54, 1.807) is 6.92 Å². The third-order valence-corrected chi connectivity index (χ3v) is 8.13. The molecule has 4 rings (SSSR count). The minimum atomic E-state index is -3.17. The largest absolute Gasteiger partial charge is 0.376 e. The van der Waals surface area contributed by atoms with Crippen molar-refractivity contribution in [2.75, 3.05) is 31.2 Å². The average molecular weight is 413 g/mol. The van der Waals surface area contributed by atoms with Gasteiger partial charge in [-0.15, -0.1) is 0 Å². The summed E-state index contributed by atoms with van der Waals surface area (Å²) in [7, 11) is -3.17. The summed E-state index contributed by atoms with van der Waals surface area (Å²) in [5, 5.41) is 2.74. The Morgan fingerprint density at radius 1 is 1.29 bits per heavy atom. The van der Waals surface area contributed by atoms with Crippen LogP contribution in [0.15, 0.2) is 0 Å². The van der Waals surface area contributed by atoms with Crippen molar-refractivity contribution in [2.24, 2.45) is 5.92 Å². The van der Waals surface area contributed by atoms with E-state index in [4.69, 9.17) is 4.74 Å². The van der Waals surface area contributed by atoms with Crippen LogP contribution in [0.1, 0.15) is 39.0 Å². The second kappa shape index (κ2) is 6.98. The second-order valence-electron chi connectivity index (χ2n) is 8.54. The van der Waals surface area contributed by atoms with E-state index in [-0.39, 0.29) is 36.0 Å². The molecule has 1 saturated carbocycles. The Labute approximate surface area is 164 Å². The maximum Gasteiger partial charge on any atom is 0.325 e. The SMILES string of the molecule is CC1(C2CC2)NC(=O)N(CC(=O)N(CC2CCCO2)C2CCS(=O)(=O)C2)C1=O. The maximum absolute atomic E-state index is 13.1. The number of ether oxygens (including phenoxy) is 1. The van der Waals surface area contributed by atoms with Crippen LogP contribution >= 0.6 is 0 Å². The number of hydrogen-bond donors (Lipinski definition) is 1. The second-order valence-corrected chi connectivity index (χ2v) is 10.8. The van der Waals surface area contributed by atoms with Crippen LogP contribution in [0.5, 0.6) is 0 Å². The lowest BCUT2D eigenvalue weighted by atomic mass is 9.96. The zero-order valence-electron chi connectivity index (χ0n) is 16.1. The number of nitrogens with one attached hydrogen (secondary N) is 1. The number of carbonyl (C=O) groups excluding carboxylic acids is 3. The topological polar surface area (TPSA) is 113 Å². The minimum absolute atomic E-state index is 0.0514. The number of amides is 4. The molecule has 10 heteroatoms. The Kier molecular flexibility index (Phi) is 4.89. The summed E-state index contributed by atoms with van der Waals surface area (Å²) in [6, 6.07) is -0.985. The van der Waals surface area contributed by atoms with Crippen molar-refractivity contribution in [1.82, 2.24) is 15.1 Å². The third kappa shape index (κ3) is 3.63. The molecule has 0 aromatic carbocycles. The quantitative estimate of drug-likeness (QED) is 0.609. The number of carbonyl (C=O) groups is 3. The molecule has 0 radical (unpaired) electrons. The molecule has 3 atom stereocenters. The van der Waals surface area contributed by atoms with Gasteiger partial charge < -0.3 is 15.0 Å². The molecule has 1 N–H and O–H groups in total. The zero-order chi connectivity index (χ0) is 20.1. The number of urea groups is 1. The van der Waals surface area contributed by atoms with Crippen molar-refractivity contribution < 1.29 is 27.5 Å². The first-order chi connectivity index (χ1) is 13.2. The summed E-state index contributed by atoms with van der Waals surface area (Å²) in [6.45, 7) is 2.27. The Balaban J connectivity index is 1.48. The summed E-state index contributed by atoms with van der Waals surface area (Å²) in [5.41, 5.74) is -0.937. The molecule has 3 aliphatic heterocycles. The van der Waals surface area contributed by atoms with Crippen LogP contribution < -0.4 is 5.32 Å². The Hall–Kier alpha value is -1.68. The first-order valence-corrected chi connectivity index (χ1v) is 11.8. The van der Waals surface area contributed by atoms with E-state index in [2.05, 4.69) is 5.32 Å². The van der Waals surface area contributed by atoms with Gasteiger partial charge in [-0.05, 0) is 44.9 Å². The van der Waals surface area contributed by atoms with E-state index in [0.29, 0.717) is 19.6 Å². The van der Waals surface area contributed by atoms with Gasteiger partial charge in [-0.1, -0.05) is 0 Å². The number of hydrogen-bond acceptors (Lipinski definition) is 6. The van der Waals surface area contributed by atoms with Gasteiger partial charge in [0, 0.05) is 19.2 Å². The standard InChI is InChI=1S/C18H27N3O6S/c1-18(12-4-5-12)16(23)21(17(24)19-18)10-15(22)20(9-14-3-2-7-27-14)13-6-8-28(25,26)11-13/h12-14H,2-11H2,1H3,(H,19,24). The van der Waals surface area contributed by atoms with Crippen molar-refractivity contribution in [2.45, 2.75) is 56.7 Å². The summed E-state index contributed by atoms with van der Waals surface area (Å²) in [5.74, 6) is -0.682. The molecule has 4 aliphatic rings. The van der Waals surface area contributed by atoms with Gasteiger partial charge in [0.25, 0.3) is 5.91 Å². The van der Waals surface area contributed by atoms with Gasteiger partial charge in [0.05, 0.1) is 17.6 Å². The molecule has 0 bridgehead atoms. The smallest absolute Gasteiger partial charge is 0.325 e. The Morgan fingerprint density at radius 3 is 2.61 bits per heavy atom. The summed E-state index contributed by atoms with van der Waals surface area (Å²) >= 11 is 0. The normalized spacial score (nSPS) is 34.7. The molecule has 0 aromatic rings. The molecule has 1 aliphatic carbocycles. The molecule has 156 valence electrons. The van der Waals surface area contributed by atoms with E-state index in [1.807, 2.05) is 0 Å². The molecule has 4 amide bonds. The van der Waals surface area contributed by atoms with Gasteiger partial charge in [0.1, 0.15) is 12.1 Å². The van der Waals surface area contributed by atoms with Crippen LogP contribution in [0.2, 0.25) is 0 Å². The fourth-order valence-corrected chi connectivity index (χ4v) is 6.24. The van der Waals surface area contributed by atoms with Gasteiger partial charge in [-0.25, -0.2) is 13.2 Å². The van der Waals surface area contributed by atoms with Crippen LogP contribution in [-0.4, -0.2) is 84.9 Å². The van der Waals surface area contributed by atoms with Crippen LogP contribution in [0.25, 0.3) is 0 Å². The highest BCUT2D eigenvalue weighted by Crippen LogP contribution is 2.42. The number of imide groups is 1. The first-order valence-electron chi connectivity index (χ1n) is 9.95. The monoisotopic (exact) mass is 413 g/mol. The van der Waals surface area contributed by atoms with Crippen LogP contribution in [0, 0.1) is 5.92 Å². The molecular formula is C18H27N3O6S. The Morgan fingerprint density at radius 2 is 2.04 bits per heavy atom. The van der Waals surface area contributed by atoms with E-state index < -0.39 is 33.4 Å². The van der Waals surface area contributed by atoms with E-state index in [0.717, 1.165) is 30.6 Å². The molecule has 3 heterocycles. The lowest BCUT2D eigenvalue weighted by Crippen LogP contribution is -2.51. The molecule has 3 saturated heterocycles.